The van der Waals surface area contributed by atoms with Gasteiger partial charge in [0.1, 0.15) is 0 Å². The van der Waals surface area contributed by atoms with Crippen molar-refractivity contribution < 1.29 is 0 Å². The molecule has 0 amide bonds. The predicted octanol–water partition coefficient (Wildman–Crippen LogP) is 3.88. The Hall–Kier alpha value is -0.0900. The fourth-order valence-corrected chi connectivity index (χ4v) is 3.83. The molecule has 1 aliphatic rings. The number of nitrogens with two attached hydrogens (primary N) is 1. The van der Waals surface area contributed by atoms with Gasteiger partial charge < -0.3 is 0 Å². The maximum atomic E-state index is 6.12. The molecular weight excluding hydrogens is 240 g/mol. The van der Waals surface area contributed by atoms with Crippen LogP contribution in [0, 0.1) is 5.92 Å². The van der Waals surface area contributed by atoms with E-state index in [4.69, 9.17) is 17.4 Å². The van der Waals surface area contributed by atoms with E-state index in [1.807, 2.05) is 11.4 Å². The van der Waals surface area contributed by atoms with Crippen LogP contribution in [0.5, 0.6) is 0 Å². The maximum absolute atomic E-state index is 6.12. The summed E-state index contributed by atoms with van der Waals surface area (Å²) in [7, 11) is 0. The lowest BCUT2D eigenvalue weighted by Gasteiger charge is -2.17. The van der Waals surface area contributed by atoms with Gasteiger partial charge in [-0.2, -0.15) is 0 Å². The highest BCUT2D eigenvalue weighted by Gasteiger charge is 2.19. The minimum absolute atomic E-state index is 0.230. The van der Waals surface area contributed by atoms with Crippen molar-refractivity contribution in [3.05, 3.63) is 21.3 Å². The van der Waals surface area contributed by atoms with Gasteiger partial charge in [-0.1, -0.05) is 37.3 Å². The van der Waals surface area contributed by atoms with Gasteiger partial charge in [-0.05, 0) is 30.2 Å². The third kappa shape index (κ3) is 2.98. The van der Waals surface area contributed by atoms with Crippen LogP contribution in [-0.2, 0) is 0 Å². The molecule has 1 unspecified atom stereocenters. The van der Waals surface area contributed by atoms with Crippen molar-refractivity contribution in [1.29, 1.82) is 0 Å². The molecule has 1 atom stereocenters. The van der Waals surface area contributed by atoms with Crippen molar-refractivity contribution in [3.8, 4) is 0 Å². The van der Waals surface area contributed by atoms with Crippen LogP contribution in [0.25, 0.3) is 0 Å². The van der Waals surface area contributed by atoms with Crippen molar-refractivity contribution in [3.63, 3.8) is 0 Å². The first-order valence-electron chi connectivity index (χ1n) is 6.00. The first-order valence-corrected chi connectivity index (χ1v) is 7.26. The molecule has 1 heterocycles. The summed E-state index contributed by atoms with van der Waals surface area (Å²) in [6, 6.07) is 2.18. The summed E-state index contributed by atoms with van der Waals surface area (Å²) in [5, 5.41) is 2.87. The summed E-state index contributed by atoms with van der Waals surface area (Å²) in [5.74, 6) is 6.53. The van der Waals surface area contributed by atoms with E-state index in [1.165, 1.54) is 37.0 Å². The number of hydrogen-bond donors (Lipinski definition) is 2. The molecular formula is C12H19ClN2S. The summed E-state index contributed by atoms with van der Waals surface area (Å²) >= 11 is 7.81. The van der Waals surface area contributed by atoms with Gasteiger partial charge >= 0.3 is 0 Å². The van der Waals surface area contributed by atoms with Crippen molar-refractivity contribution in [2.24, 2.45) is 11.8 Å². The van der Waals surface area contributed by atoms with Crippen LogP contribution in [0.15, 0.2) is 11.4 Å². The molecule has 0 saturated heterocycles. The molecule has 2 rings (SSSR count). The minimum atomic E-state index is 0.230. The third-order valence-electron chi connectivity index (χ3n) is 3.50. The Morgan fingerprint density at radius 3 is 2.81 bits per heavy atom. The molecule has 0 aliphatic heterocycles. The molecule has 1 fully saturated rings. The van der Waals surface area contributed by atoms with Crippen molar-refractivity contribution in [2.75, 3.05) is 0 Å². The minimum Gasteiger partial charge on any atom is -0.271 e. The molecule has 2 nitrogen and oxygen atoms in total. The van der Waals surface area contributed by atoms with E-state index in [1.54, 1.807) is 11.3 Å². The van der Waals surface area contributed by atoms with Crippen LogP contribution in [0.3, 0.4) is 0 Å². The zero-order chi connectivity index (χ0) is 11.4. The van der Waals surface area contributed by atoms with Crippen molar-refractivity contribution in [2.45, 2.75) is 44.6 Å². The van der Waals surface area contributed by atoms with Gasteiger partial charge in [0, 0.05) is 4.88 Å². The molecule has 0 radical (unpaired) electrons. The predicted molar refractivity (Wildman–Crippen MR) is 70.6 cm³/mol. The Morgan fingerprint density at radius 2 is 2.25 bits per heavy atom. The number of thiophene rings is 1. The molecule has 90 valence electrons. The van der Waals surface area contributed by atoms with Crippen LogP contribution in [-0.4, -0.2) is 0 Å². The summed E-state index contributed by atoms with van der Waals surface area (Å²) in [4.78, 5) is 1.18. The summed E-state index contributed by atoms with van der Waals surface area (Å²) in [6.45, 7) is 0. The lowest BCUT2D eigenvalue weighted by atomic mass is 9.98. The van der Waals surface area contributed by atoms with Crippen LogP contribution in [0.1, 0.15) is 49.4 Å². The van der Waals surface area contributed by atoms with E-state index in [-0.39, 0.29) is 6.04 Å². The molecule has 1 aliphatic carbocycles. The SMILES string of the molecule is NNC(CCC1CCCC1)c1sccc1Cl. The van der Waals surface area contributed by atoms with Gasteiger partial charge in [0.25, 0.3) is 0 Å². The fraction of sp³-hybridized carbons (Fsp3) is 0.667. The molecule has 1 aromatic rings. The van der Waals surface area contributed by atoms with Crippen molar-refractivity contribution >= 4 is 22.9 Å². The standard InChI is InChI=1S/C12H19ClN2S/c13-10-7-8-16-12(10)11(15-14)6-5-9-3-1-2-4-9/h7-9,11,15H,1-6,14H2. The summed E-state index contributed by atoms with van der Waals surface area (Å²) < 4.78 is 0. The van der Waals surface area contributed by atoms with E-state index < -0.39 is 0 Å². The quantitative estimate of drug-likeness (QED) is 0.621. The van der Waals surface area contributed by atoms with Gasteiger partial charge in [-0.3, -0.25) is 11.3 Å². The largest absolute Gasteiger partial charge is 0.271 e. The Bertz CT molecular complexity index is 321. The second-order valence-electron chi connectivity index (χ2n) is 4.58. The Balaban J connectivity index is 1.88. The number of rotatable bonds is 5. The number of halogens is 1. The van der Waals surface area contributed by atoms with Crippen molar-refractivity contribution in [1.82, 2.24) is 5.43 Å². The highest BCUT2D eigenvalue weighted by molar-refractivity contribution is 7.10. The molecule has 16 heavy (non-hydrogen) atoms. The Labute approximate surface area is 106 Å². The second-order valence-corrected chi connectivity index (χ2v) is 5.93. The number of hydrazine groups is 1. The zero-order valence-electron chi connectivity index (χ0n) is 9.42. The number of nitrogens with one attached hydrogen (secondary N) is 1. The second kappa shape index (κ2) is 6.01. The maximum Gasteiger partial charge on any atom is 0.0568 e. The summed E-state index contributed by atoms with van der Waals surface area (Å²) in [6.07, 6.45) is 7.98. The first kappa shape index (κ1) is 12.4. The molecule has 4 heteroatoms. The molecule has 0 spiro atoms. The van der Waals surface area contributed by atoms with E-state index in [0.717, 1.165) is 17.4 Å². The van der Waals surface area contributed by atoms with Gasteiger partial charge in [0.15, 0.2) is 0 Å². The molecule has 3 N–H and O–H groups in total. The fourth-order valence-electron chi connectivity index (χ4n) is 2.55. The molecule has 1 saturated carbocycles. The van der Waals surface area contributed by atoms with Crippen LogP contribution in [0.4, 0.5) is 0 Å². The van der Waals surface area contributed by atoms with E-state index in [0.29, 0.717) is 0 Å². The van der Waals surface area contributed by atoms with Crippen LogP contribution in [0.2, 0.25) is 5.02 Å². The zero-order valence-corrected chi connectivity index (χ0v) is 11.0. The summed E-state index contributed by atoms with van der Waals surface area (Å²) in [5.41, 5.74) is 2.90. The van der Waals surface area contributed by atoms with Gasteiger partial charge in [0.2, 0.25) is 0 Å². The van der Waals surface area contributed by atoms with Crippen LogP contribution < -0.4 is 11.3 Å². The highest BCUT2D eigenvalue weighted by atomic mass is 35.5. The molecule has 1 aromatic heterocycles. The number of hydrogen-bond acceptors (Lipinski definition) is 3. The third-order valence-corrected chi connectivity index (χ3v) is 4.97. The van der Waals surface area contributed by atoms with Gasteiger partial charge in [-0.25, -0.2) is 0 Å². The monoisotopic (exact) mass is 258 g/mol. The Morgan fingerprint density at radius 1 is 1.50 bits per heavy atom. The van der Waals surface area contributed by atoms with E-state index in [2.05, 4.69) is 5.43 Å². The van der Waals surface area contributed by atoms with E-state index >= 15 is 0 Å². The molecule has 0 bridgehead atoms. The molecule has 0 aromatic carbocycles. The average molecular weight is 259 g/mol. The Kier molecular flexibility index (Phi) is 4.65. The lowest BCUT2D eigenvalue weighted by molar-refractivity contribution is 0.420. The van der Waals surface area contributed by atoms with Gasteiger partial charge in [0.05, 0.1) is 11.1 Å². The normalized spacial score (nSPS) is 19.1. The topological polar surface area (TPSA) is 38.0 Å². The smallest absolute Gasteiger partial charge is 0.0568 e. The average Bonchev–Trinajstić information content (AvgIpc) is 2.92. The van der Waals surface area contributed by atoms with Crippen LogP contribution >= 0.6 is 22.9 Å². The van der Waals surface area contributed by atoms with E-state index in [9.17, 15) is 0 Å². The lowest BCUT2D eigenvalue weighted by Crippen LogP contribution is -2.27. The van der Waals surface area contributed by atoms with Gasteiger partial charge in [-0.15, -0.1) is 11.3 Å². The highest BCUT2D eigenvalue weighted by Crippen LogP contribution is 2.34. The first-order chi connectivity index (χ1) is 7.81.